The topological polar surface area (TPSA) is 45.4 Å². The number of nitrogens with two attached hydrogens (primary N) is 1. The van der Waals surface area contributed by atoms with Crippen molar-refractivity contribution in [1.29, 1.82) is 0 Å². The largest absolute Gasteiger partial charge is 0.396 e. The number of anilines is 2. The van der Waals surface area contributed by atoms with Crippen LogP contribution in [-0.2, 0) is 0 Å². The van der Waals surface area contributed by atoms with Crippen molar-refractivity contribution >= 4 is 11.4 Å². The number of hydrogen-bond acceptors (Lipinski definition) is 4. The van der Waals surface area contributed by atoms with Crippen LogP contribution < -0.4 is 10.6 Å². The van der Waals surface area contributed by atoms with Gasteiger partial charge in [0.05, 0.1) is 23.8 Å². The molecule has 3 heterocycles. The van der Waals surface area contributed by atoms with E-state index in [1.165, 1.54) is 44.7 Å². The fourth-order valence-electron chi connectivity index (χ4n) is 3.51. The number of nitrogens with zero attached hydrogens (tertiary/aromatic N) is 3. The molecule has 2 saturated heterocycles. The van der Waals surface area contributed by atoms with Crippen LogP contribution in [0.25, 0.3) is 0 Å². The van der Waals surface area contributed by atoms with Crippen LogP contribution in [-0.4, -0.2) is 42.1 Å². The molecule has 2 aliphatic heterocycles. The van der Waals surface area contributed by atoms with Gasteiger partial charge in [-0.2, -0.15) is 0 Å². The van der Waals surface area contributed by atoms with E-state index in [1.54, 1.807) is 0 Å². The molecule has 0 unspecified atom stereocenters. The standard InChI is InChI=1S/C15H23FN4/c16-13-10-18-11-14(17)15(13)20-8-4-12(5-9-20)19-6-2-1-3-7-19/h10-12H,1-9,17H2. The molecular formula is C15H23FN4. The van der Waals surface area contributed by atoms with Crippen molar-refractivity contribution in [2.24, 2.45) is 0 Å². The van der Waals surface area contributed by atoms with Gasteiger partial charge in [-0.05, 0) is 38.8 Å². The van der Waals surface area contributed by atoms with Crippen LogP contribution in [0.2, 0.25) is 0 Å². The summed E-state index contributed by atoms with van der Waals surface area (Å²) in [4.78, 5) is 8.49. The van der Waals surface area contributed by atoms with E-state index in [0.29, 0.717) is 17.4 Å². The Bertz CT molecular complexity index is 431. The lowest BCUT2D eigenvalue weighted by molar-refractivity contribution is 0.141. The predicted octanol–water partition coefficient (Wildman–Crippen LogP) is 2.26. The molecule has 110 valence electrons. The van der Waals surface area contributed by atoms with Crippen LogP contribution in [0.1, 0.15) is 32.1 Å². The summed E-state index contributed by atoms with van der Waals surface area (Å²) in [6, 6.07) is 0.665. The Labute approximate surface area is 119 Å². The fraction of sp³-hybridized carbons (Fsp3) is 0.667. The minimum atomic E-state index is -0.304. The second kappa shape index (κ2) is 5.95. The summed E-state index contributed by atoms with van der Waals surface area (Å²) in [6.07, 6.45) is 9.01. The zero-order valence-corrected chi connectivity index (χ0v) is 11.9. The highest BCUT2D eigenvalue weighted by atomic mass is 19.1. The molecule has 0 amide bonds. The third kappa shape index (κ3) is 2.73. The monoisotopic (exact) mass is 278 g/mol. The maximum absolute atomic E-state index is 13.9. The predicted molar refractivity (Wildman–Crippen MR) is 79.3 cm³/mol. The van der Waals surface area contributed by atoms with Gasteiger partial charge in [0.25, 0.3) is 0 Å². The molecule has 1 aromatic heterocycles. The SMILES string of the molecule is Nc1cncc(F)c1N1CCC(N2CCCCC2)CC1. The van der Waals surface area contributed by atoms with Gasteiger partial charge >= 0.3 is 0 Å². The highest BCUT2D eigenvalue weighted by Crippen LogP contribution is 2.30. The summed E-state index contributed by atoms with van der Waals surface area (Å²) < 4.78 is 13.9. The first-order valence-electron chi connectivity index (χ1n) is 7.63. The molecule has 4 nitrogen and oxygen atoms in total. The highest BCUT2D eigenvalue weighted by Gasteiger charge is 2.27. The van der Waals surface area contributed by atoms with E-state index in [-0.39, 0.29) is 5.82 Å². The van der Waals surface area contributed by atoms with Crippen molar-refractivity contribution in [3.63, 3.8) is 0 Å². The average Bonchev–Trinajstić information content (AvgIpc) is 2.49. The third-order valence-electron chi connectivity index (χ3n) is 4.59. The quantitative estimate of drug-likeness (QED) is 0.901. The summed E-state index contributed by atoms with van der Waals surface area (Å²) in [6.45, 7) is 4.23. The van der Waals surface area contributed by atoms with Gasteiger partial charge in [0.2, 0.25) is 0 Å². The number of halogens is 1. The van der Waals surface area contributed by atoms with Crippen LogP contribution in [0, 0.1) is 5.82 Å². The zero-order valence-electron chi connectivity index (χ0n) is 11.9. The Morgan fingerprint density at radius 3 is 2.40 bits per heavy atom. The second-order valence-electron chi connectivity index (χ2n) is 5.87. The average molecular weight is 278 g/mol. The van der Waals surface area contributed by atoms with Crippen molar-refractivity contribution in [2.45, 2.75) is 38.1 Å². The molecule has 2 aliphatic rings. The summed E-state index contributed by atoms with van der Waals surface area (Å²) >= 11 is 0. The molecule has 0 saturated carbocycles. The summed E-state index contributed by atoms with van der Waals surface area (Å²) in [5.41, 5.74) is 6.86. The Hall–Kier alpha value is -1.36. The van der Waals surface area contributed by atoms with Gasteiger partial charge in [-0.15, -0.1) is 0 Å². The van der Waals surface area contributed by atoms with E-state index in [4.69, 9.17) is 5.73 Å². The van der Waals surface area contributed by atoms with Crippen molar-refractivity contribution < 1.29 is 4.39 Å². The highest BCUT2D eigenvalue weighted by molar-refractivity contribution is 5.67. The number of piperidine rings is 2. The first kappa shape index (κ1) is 13.6. The Kier molecular flexibility index (Phi) is 4.05. The van der Waals surface area contributed by atoms with Gasteiger partial charge in [-0.25, -0.2) is 4.39 Å². The van der Waals surface area contributed by atoms with Gasteiger partial charge in [-0.1, -0.05) is 6.42 Å². The van der Waals surface area contributed by atoms with Crippen molar-refractivity contribution in [2.75, 3.05) is 36.8 Å². The van der Waals surface area contributed by atoms with Crippen LogP contribution in [0.15, 0.2) is 12.4 Å². The Morgan fingerprint density at radius 2 is 1.75 bits per heavy atom. The van der Waals surface area contributed by atoms with Gasteiger partial charge in [-0.3, -0.25) is 4.98 Å². The summed E-state index contributed by atoms with van der Waals surface area (Å²) in [5.74, 6) is -0.304. The van der Waals surface area contributed by atoms with E-state index in [9.17, 15) is 4.39 Å². The molecule has 5 heteroatoms. The van der Waals surface area contributed by atoms with Crippen LogP contribution in [0.4, 0.5) is 15.8 Å². The lowest BCUT2D eigenvalue weighted by atomic mass is 9.99. The van der Waals surface area contributed by atoms with Crippen molar-refractivity contribution in [3.05, 3.63) is 18.2 Å². The van der Waals surface area contributed by atoms with E-state index in [0.717, 1.165) is 25.9 Å². The Morgan fingerprint density at radius 1 is 1.05 bits per heavy atom. The number of aromatic nitrogens is 1. The third-order valence-corrected chi connectivity index (χ3v) is 4.59. The molecule has 0 radical (unpaired) electrons. The molecule has 0 atom stereocenters. The molecule has 0 bridgehead atoms. The Balaban J connectivity index is 1.63. The molecule has 2 fully saturated rings. The maximum Gasteiger partial charge on any atom is 0.166 e. The molecule has 3 rings (SSSR count). The molecule has 0 spiro atoms. The van der Waals surface area contributed by atoms with E-state index < -0.39 is 0 Å². The van der Waals surface area contributed by atoms with Gasteiger partial charge < -0.3 is 15.5 Å². The molecule has 20 heavy (non-hydrogen) atoms. The van der Waals surface area contributed by atoms with Crippen LogP contribution in [0.5, 0.6) is 0 Å². The number of rotatable bonds is 2. The van der Waals surface area contributed by atoms with Crippen LogP contribution >= 0.6 is 0 Å². The first-order chi connectivity index (χ1) is 9.75. The van der Waals surface area contributed by atoms with Gasteiger partial charge in [0.15, 0.2) is 5.82 Å². The number of pyridine rings is 1. The van der Waals surface area contributed by atoms with Crippen molar-refractivity contribution in [3.8, 4) is 0 Å². The summed E-state index contributed by atoms with van der Waals surface area (Å²) in [5, 5.41) is 0. The molecule has 0 aromatic carbocycles. The molecule has 1 aromatic rings. The fourth-order valence-corrected chi connectivity index (χ4v) is 3.51. The maximum atomic E-state index is 13.9. The number of nitrogen functional groups attached to an aromatic ring is 1. The van der Waals surface area contributed by atoms with Gasteiger partial charge in [0.1, 0.15) is 0 Å². The van der Waals surface area contributed by atoms with Crippen LogP contribution in [0.3, 0.4) is 0 Å². The molecule has 0 aliphatic carbocycles. The normalized spacial score (nSPS) is 22.1. The second-order valence-corrected chi connectivity index (χ2v) is 5.87. The summed E-state index contributed by atoms with van der Waals surface area (Å²) in [7, 11) is 0. The smallest absolute Gasteiger partial charge is 0.166 e. The molecular weight excluding hydrogens is 255 g/mol. The lowest BCUT2D eigenvalue weighted by Crippen LogP contribution is -2.47. The zero-order chi connectivity index (χ0) is 13.9. The first-order valence-corrected chi connectivity index (χ1v) is 7.63. The van der Waals surface area contributed by atoms with E-state index in [2.05, 4.69) is 14.8 Å². The lowest BCUT2D eigenvalue weighted by Gasteiger charge is -2.41. The molecule has 2 N–H and O–H groups in total. The minimum Gasteiger partial charge on any atom is -0.396 e. The number of likely N-dealkylation sites (tertiary alicyclic amines) is 1. The van der Waals surface area contributed by atoms with Gasteiger partial charge in [0, 0.05) is 19.1 Å². The number of hydrogen-bond donors (Lipinski definition) is 1. The van der Waals surface area contributed by atoms with E-state index >= 15 is 0 Å². The van der Waals surface area contributed by atoms with E-state index in [1.807, 2.05) is 0 Å². The minimum absolute atomic E-state index is 0.304. The van der Waals surface area contributed by atoms with Crippen molar-refractivity contribution in [1.82, 2.24) is 9.88 Å².